The molecular weight excluding hydrogens is 354 g/mol. The predicted molar refractivity (Wildman–Crippen MR) is 109 cm³/mol. The zero-order valence-electron chi connectivity index (χ0n) is 14.9. The SMILES string of the molecule is Cc1cccc(Sc2nc(Nc3cc(C4CC4)[nH]n3)c3ccccc3n2)c1. The van der Waals surface area contributed by atoms with Crippen molar-refractivity contribution in [3.63, 3.8) is 0 Å². The van der Waals surface area contributed by atoms with Gasteiger partial charge in [0.15, 0.2) is 11.0 Å². The molecule has 0 aliphatic heterocycles. The molecule has 1 aliphatic carbocycles. The highest BCUT2D eigenvalue weighted by molar-refractivity contribution is 7.99. The van der Waals surface area contributed by atoms with E-state index < -0.39 is 0 Å². The van der Waals surface area contributed by atoms with Gasteiger partial charge in [-0.15, -0.1) is 0 Å². The van der Waals surface area contributed by atoms with E-state index >= 15 is 0 Å². The fourth-order valence-electron chi connectivity index (χ4n) is 3.11. The average molecular weight is 373 g/mol. The number of H-pyrrole nitrogens is 1. The van der Waals surface area contributed by atoms with Crippen LogP contribution in [0.2, 0.25) is 0 Å². The summed E-state index contributed by atoms with van der Waals surface area (Å²) >= 11 is 1.57. The van der Waals surface area contributed by atoms with Gasteiger partial charge in [0, 0.05) is 28.0 Å². The third-order valence-electron chi connectivity index (χ3n) is 4.64. The molecule has 6 heteroatoms. The number of aryl methyl sites for hydroxylation is 1. The van der Waals surface area contributed by atoms with Crippen molar-refractivity contribution in [1.82, 2.24) is 20.2 Å². The van der Waals surface area contributed by atoms with Crippen LogP contribution in [0.25, 0.3) is 10.9 Å². The molecule has 0 unspecified atom stereocenters. The Kier molecular flexibility index (Phi) is 4.05. The Hall–Kier alpha value is -2.86. The van der Waals surface area contributed by atoms with E-state index in [1.54, 1.807) is 11.8 Å². The van der Waals surface area contributed by atoms with Gasteiger partial charge in [0.2, 0.25) is 0 Å². The van der Waals surface area contributed by atoms with Crippen LogP contribution in [0.3, 0.4) is 0 Å². The number of benzene rings is 2. The quantitative estimate of drug-likeness (QED) is 0.456. The summed E-state index contributed by atoms with van der Waals surface area (Å²) in [5.41, 5.74) is 3.34. The Morgan fingerprint density at radius 1 is 1.04 bits per heavy atom. The number of anilines is 2. The highest BCUT2D eigenvalue weighted by Crippen LogP contribution is 2.40. The van der Waals surface area contributed by atoms with Gasteiger partial charge < -0.3 is 5.32 Å². The second kappa shape index (κ2) is 6.70. The van der Waals surface area contributed by atoms with Gasteiger partial charge in [-0.25, -0.2) is 9.97 Å². The minimum absolute atomic E-state index is 0.641. The molecule has 0 bridgehead atoms. The third-order valence-corrected chi connectivity index (χ3v) is 5.50. The number of hydrogen-bond donors (Lipinski definition) is 2. The van der Waals surface area contributed by atoms with Crippen LogP contribution in [-0.2, 0) is 0 Å². The summed E-state index contributed by atoms with van der Waals surface area (Å²) in [6.07, 6.45) is 2.49. The normalized spacial score (nSPS) is 13.8. The molecule has 1 saturated carbocycles. The number of rotatable bonds is 5. The Morgan fingerprint density at radius 2 is 1.93 bits per heavy atom. The summed E-state index contributed by atoms with van der Waals surface area (Å²) in [7, 11) is 0. The molecule has 27 heavy (non-hydrogen) atoms. The van der Waals surface area contributed by atoms with Crippen molar-refractivity contribution in [2.45, 2.75) is 35.7 Å². The molecule has 1 aliphatic rings. The lowest BCUT2D eigenvalue weighted by atomic mass is 10.2. The molecular formula is C21H19N5S. The lowest BCUT2D eigenvalue weighted by molar-refractivity contribution is 0.964. The van der Waals surface area contributed by atoms with Gasteiger partial charge in [0.05, 0.1) is 5.52 Å². The molecule has 2 heterocycles. The van der Waals surface area contributed by atoms with E-state index in [9.17, 15) is 0 Å². The summed E-state index contributed by atoms with van der Waals surface area (Å²) in [6.45, 7) is 2.09. The first-order valence-electron chi connectivity index (χ1n) is 9.08. The number of aromatic nitrogens is 4. The summed E-state index contributed by atoms with van der Waals surface area (Å²) in [5.74, 6) is 2.22. The van der Waals surface area contributed by atoms with E-state index in [1.807, 2.05) is 24.3 Å². The molecule has 2 aromatic heterocycles. The van der Waals surface area contributed by atoms with Crippen molar-refractivity contribution in [3.8, 4) is 0 Å². The number of aromatic amines is 1. The van der Waals surface area contributed by atoms with Gasteiger partial charge in [-0.1, -0.05) is 29.8 Å². The maximum Gasteiger partial charge on any atom is 0.195 e. The molecule has 2 N–H and O–H groups in total. The lowest BCUT2D eigenvalue weighted by Crippen LogP contribution is -1.99. The number of nitrogens with zero attached hydrogens (tertiary/aromatic N) is 3. The molecule has 1 fully saturated rings. The fraction of sp³-hybridized carbons (Fsp3) is 0.190. The summed E-state index contributed by atoms with van der Waals surface area (Å²) in [6, 6.07) is 18.5. The number of nitrogens with one attached hydrogen (secondary N) is 2. The summed E-state index contributed by atoms with van der Waals surface area (Å²) in [4.78, 5) is 10.6. The molecule has 0 spiro atoms. The van der Waals surface area contributed by atoms with Crippen LogP contribution in [0, 0.1) is 6.92 Å². The van der Waals surface area contributed by atoms with Crippen molar-refractivity contribution >= 4 is 34.3 Å². The third kappa shape index (κ3) is 3.53. The first-order chi connectivity index (χ1) is 13.2. The maximum atomic E-state index is 4.78. The van der Waals surface area contributed by atoms with Gasteiger partial charge in [-0.3, -0.25) is 5.10 Å². The van der Waals surface area contributed by atoms with E-state index in [0.29, 0.717) is 5.92 Å². The van der Waals surface area contributed by atoms with Crippen LogP contribution in [-0.4, -0.2) is 20.2 Å². The molecule has 134 valence electrons. The van der Waals surface area contributed by atoms with Crippen molar-refractivity contribution in [2.24, 2.45) is 0 Å². The zero-order chi connectivity index (χ0) is 18.2. The van der Waals surface area contributed by atoms with Crippen LogP contribution in [0.15, 0.2) is 64.6 Å². The Bertz CT molecular complexity index is 1120. The maximum absolute atomic E-state index is 4.78. The van der Waals surface area contributed by atoms with Gasteiger partial charge >= 0.3 is 0 Å². The monoisotopic (exact) mass is 373 g/mol. The summed E-state index contributed by atoms with van der Waals surface area (Å²) in [5, 5.41) is 12.6. The fourth-order valence-corrected chi connectivity index (χ4v) is 3.99. The van der Waals surface area contributed by atoms with E-state index in [4.69, 9.17) is 9.97 Å². The molecule has 0 atom stereocenters. The van der Waals surface area contributed by atoms with Crippen molar-refractivity contribution in [3.05, 3.63) is 65.9 Å². The van der Waals surface area contributed by atoms with Crippen molar-refractivity contribution < 1.29 is 0 Å². The topological polar surface area (TPSA) is 66.5 Å². The largest absolute Gasteiger partial charge is 0.323 e. The van der Waals surface area contributed by atoms with Crippen molar-refractivity contribution in [2.75, 3.05) is 5.32 Å². The average Bonchev–Trinajstić information content (AvgIpc) is 3.41. The molecule has 2 aromatic carbocycles. The van der Waals surface area contributed by atoms with Crippen LogP contribution >= 0.6 is 11.8 Å². The Morgan fingerprint density at radius 3 is 2.78 bits per heavy atom. The highest BCUT2D eigenvalue weighted by atomic mass is 32.2. The van der Waals surface area contributed by atoms with Crippen molar-refractivity contribution in [1.29, 1.82) is 0 Å². The number of para-hydroxylation sites is 1. The summed E-state index contributed by atoms with van der Waals surface area (Å²) < 4.78 is 0. The zero-order valence-corrected chi connectivity index (χ0v) is 15.8. The lowest BCUT2D eigenvalue weighted by Gasteiger charge is -2.09. The van der Waals surface area contributed by atoms with Crippen LogP contribution in [0.4, 0.5) is 11.6 Å². The molecule has 5 nitrogen and oxygen atoms in total. The van der Waals surface area contributed by atoms with E-state index in [0.717, 1.165) is 32.6 Å². The first-order valence-corrected chi connectivity index (χ1v) is 9.90. The smallest absolute Gasteiger partial charge is 0.195 e. The van der Waals surface area contributed by atoms with Gasteiger partial charge in [0.25, 0.3) is 0 Å². The Labute approximate surface area is 161 Å². The molecule has 0 amide bonds. The van der Waals surface area contributed by atoms with Gasteiger partial charge in [0.1, 0.15) is 5.82 Å². The van der Waals surface area contributed by atoms with E-state index in [1.165, 1.54) is 24.1 Å². The van der Waals surface area contributed by atoms with E-state index in [-0.39, 0.29) is 0 Å². The van der Waals surface area contributed by atoms with Crippen LogP contribution in [0.5, 0.6) is 0 Å². The standard InChI is InChI=1S/C21H19N5S/c1-13-5-4-6-15(11-13)27-21-22-17-8-3-2-7-16(17)20(24-21)23-19-12-18(25-26-19)14-9-10-14/h2-8,11-12,14H,9-10H2,1H3,(H2,22,23,24,25,26). The second-order valence-corrected chi connectivity index (χ2v) is 7.94. The van der Waals surface area contributed by atoms with Crippen LogP contribution in [0.1, 0.15) is 30.0 Å². The minimum atomic E-state index is 0.641. The molecule has 5 rings (SSSR count). The molecule has 0 radical (unpaired) electrons. The number of fused-ring (bicyclic) bond motifs is 1. The first kappa shape index (κ1) is 16.3. The Balaban J connectivity index is 1.51. The van der Waals surface area contributed by atoms with Gasteiger partial charge in [-0.05, 0) is 55.8 Å². The van der Waals surface area contributed by atoms with Crippen LogP contribution < -0.4 is 5.32 Å². The minimum Gasteiger partial charge on any atom is -0.323 e. The highest BCUT2D eigenvalue weighted by Gasteiger charge is 2.25. The number of hydrogen-bond acceptors (Lipinski definition) is 5. The van der Waals surface area contributed by atoms with Gasteiger partial charge in [-0.2, -0.15) is 5.10 Å². The second-order valence-electron chi connectivity index (χ2n) is 6.90. The predicted octanol–water partition coefficient (Wildman–Crippen LogP) is 5.43. The molecule has 4 aromatic rings. The van der Waals surface area contributed by atoms with E-state index in [2.05, 4.69) is 52.8 Å². The molecule has 0 saturated heterocycles.